The van der Waals surface area contributed by atoms with Crippen LogP contribution in [-0.4, -0.2) is 28.5 Å². The zero-order valence-corrected chi connectivity index (χ0v) is 19.0. The van der Waals surface area contributed by atoms with E-state index in [9.17, 15) is 4.79 Å². The second kappa shape index (κ2) is 7.65. The van der Waals surface area contributed by atoms with Gasteiger partial charge in [-0.3, -0.25) is 20.1 Å². The summed E-state index contributed by atoms with van der Waals surface area (Å²) in [7, 11) is 0. The number of carbonyl (C=O) groups is 1. The summed E-state index contributed by atoms with van der Waals surface area (Å²) in [6.07, 6.45) is 7.12. The van der Waals surface area contributed by atoms with Gasteiger partial charge in [0.2, 0.25) is 11.0 Å². The molecular weight excluding hydrogens is 486 g/mol. The van der Waals surface area contributed by atoms with Crippen LogP contribution in [0, 0.1) is 5.92 Å². The standard InChI is InChI=1S/C24H16BrN5OS/c25-15-11-9-14(10-12-15)19-13-32-24(27-19)29-28-21-17-6-2-4-8-20(17)30-22(21)26-18-7-3-1-5-16(18)23(30)31/h1-13,16,22H,(H,27,29)/b28-21-. The number of carbonyl (C=O) groups excluding carboxylic acids is 1. The molecule has 32 heavy (non-hydrogen) atoms. The number of benzene rings is 2. The van der Waals surface area contributed by atoms with E-state index in [1.807, 2.05) is 78.2 Å². The Kier molecular flexibility index (Phi) is 4.62. The molecule has 6 rings (SSSR count). The van der Waals surface area contributed by atoms with E-state index in [0.29, 0.717) is 10.8 Å². The molecule has 0 bridgehead atoms. The lowest BCUT2D eigenvalue weighted by Gasteiger charge is -2.32. The van der Waals surface area contributed by atoms with Crippen LogP contribution in [0.4, 0.5) is 10.8 Å². The summed E-state index contributed by atoms with van der Waals surface area (Å²) >= 11 is 4.94. The Bertz CT molecular complexity index is 1350. The van der Waals surface area contributed by atoms with Crippen molar-refractivity contribution in [2.75, 3.05) is 10.3 Å². The van der Waals surface area contributed by atoms with Gasteiger partial charge in [0.1, 0.15) is 5.71 Å². The lowest BCUT2D eigenvalue weighted by molar-refractivity contribution is -0.119. The minimum Gasteiger partial charge on any atom is -0.282 e. The highest BCUT2D eigenvalue weighted by atomic mass is 79.9. The summed E-state index contributed by atoms with van der Waals surface area (Å²) < 4.78 is 1.03. The van der Waals surface area contributed by atoms with E-state index in [2.05, 4.69) is 31.4 Å². The summed E-state index contributed by atoms with van der Waals surface area (Å²) in [6, 6.07) is 15.8. The average Bonchev–Trinajstić information content (AvgIpc) is 3.41. The number of anilines is 2. The molecule has 6 nitrogen and oxygen atoms in total. The molecule has 2 aromatic carbocycles. The molecule has 3 aliphatic rings. The summed E-state index contributed by atoms with van der Waals surface area (Å²) in [5.41, 5.74) is 8.24. The van der Waals surface area contributed by atoms with Crippen LogP contribution in [0.5, 0.6) is 0 Å². The Hall–Kier alpha value is -3.36. The van der Waals surface area contributed by atoms with Crippen molar-refractivity contribution in [1.82, 2.24) is 4.98 Å². The molecule has 1 aliphatic carbocycles. The number of nitrogens with zero attached hydrogens (tertiary/aromatic N) is 4. The van der Waals surface area contributed by atoms with Crippen molar-refractivity contribution in [3.8, 4) is 11.3 Å². The van der Waals surface area contributed by atoms with Crippen LogP contribution in [0.25, 0.3) is 11.3 Å². The first-order chi connectivity index (χ1) is 15.7. The Morgan fingerprint density at radius 2 is 1.94 bits per heavy atom. The molecule has 1 N–H and O–H groups in total. The van der Waals surface area contributed by atoms with E-state index in [-0.39, 0.29) is 11.8 Å². The van der Waals surface area contributed by atoms with Gasteiger partial charge in [-0.05, 0) is 24.3 Å². The van der Waals surface area contributed by atoms with Crippen LogP contribution in [0.3, 0.4) is 0 Å². The zero-order valence-electron chi connectivity index (χ0n) is 16.6. The van der Waals surface area contributed by atoms with Crippen molar-refractivity contribution < 1.29 is 4.79 Å². The van der Waals surface area contributed by atoms with E-state index in [0.717, 1.165) is 32.7 Å². The average molecular weight is 502 g/mol. The van der Waals surface area contributed by atoms with E-state index >= 15 is 0 Å². The minimum atomic E-state index is -0.485. The van der Waals surface area contributed by atoms with Gasteiger partial charge in [-0.25, -0.2) is 4.98 Å². The van der Waals surface area contributed by atoms with Gasteiger partial charge in [0.05, 0.1) is 23.0 Å². The predicted molar refractivity (Wildman–Crippen MR) is 132 cm³/mol. The predicted octanol–water partition coefficient (Wildman–Crippen LogP) is 5.26. The molecule has 1 amide bonds. The number of amides is 1. The van der Waals surface area contributed by atoms with Gasteiger partial charge < -0.3 is 0 Å². The first-order valence-corrected chi connectivity index (χ1v) is 11.8. The van der Waals surface area contributed by atoms with Crippen molar-refractivity contribution in [3.05, 3.63) is 88.3 Å². The van der Waals surface area contributed by atoms with Crippen LogP contribution in [0.1, 0.15) is 5.56 Å². The van der Waals surface area contributed by atoms with Crippen LogP contribution in [-0.2, 0) is 4.79 Å². The summed E-state index contributed by atoms with van der Waals surface area (Å²) in [4.78, 5) is 24.6. The van der Waals surface area contributed by atoms with Crippen molar-refractivity contribution in [2.45, 2.75) is 6.17 Å². The Labute approximate surface area is 196 Å². The fourth-order valence-electron chi connectivity index (χ4n) is 4.11. The Balaban J connectivity index is 1.35. The fourth-order valence-corrected chi connectivity index (χ4v) is 5.04. The highest BCUT2D eigenvalue weighted by molar-refractivity contribution is 9.10. The quantitative estimate of drug-likeness (QED) is 0.497. The van der Waals surface area contributed by atoms with Crippen molar-refractivity contribution in [3.63, 3.8) is 0 Å². The van der Waals surface area contributed by atoms with E-state index in [4.69, 9.17) is 4.99 Å². The van der Waals surface area contributed by atoms with Crippen LogP contribution in [0.15, 0.2) is 92.8 Å². The number of hydrogen-bond donors (Lipinski definition) is 1. The molecule has 0 spiro atoms. The molecule has 3 heterocycles. The highest BCUT2D eigenvalue weighted by Gasteiger charge is 2.45. The van der Waals surface area contributed by atoms with Crippen molar-refractivity contribution in [1.29, 1.82) is 0 Å². The second-order valence-electron chi connectivity index (χ2n) is 7.53. The summed E-state index contributed by atoms with van der Waals surface area (Å²) in [6.45, 7) is 0. The van der Waals surface area contributed by atoms with Gasteiger partial charge in [0, 0.05) is 21.0 Å². The molecule has 0 saturated heterocycles. The Morgan fingerprint density at radius 1 is 1.09 bits per heavy atom. The molecule has 2 unspecified atom stereocenters. The van der Waals surface area contributed by atoms with Gasteiger partial charge in [0.25, 0.3) is 0 Å². The first-order valence-electron chi connectivity index (χ1n) is 10.1. The Morgan fingerprint density at radius 3 is 2.81 bits per heavy atom. The summed E-state index contributed by atoms with van der Waals surface area (Å²) in [5.74, 6) is -0.325. The maximum Gasteiger partial charge on any atom is 0.242 e. The topological polar surface area (TPSA) is 70.0 Å². The van der Waals surface area contributed by atoms with Crippen molar-refractivity contribution in [2.24, 2.45) is 16.0 Å². The molecule has 8 heteroatoms. The third kappa shape index (κ3) is 3.14. The normalized spacial score (nSPS) is 21.9. The number of hydrogen-bond acceptors (Lipinski definition) is 6. The SMILES string of the molecule is O=C1C2C=CC=CC2=NC2/C(=N\Nc3nc(-c4ccc(Br)cc4)cs3)c3ccccc3N12. The number of thiazole rings is 1. The highest BCUT2D eigenvalue weighted by Crippen LogP contribution is 2.38. The molecule has 0 fully saturated rings. The van der Waals surface area contributed by atoms with E-state index < -0.39 is 6.17 Å². The van der Waals surface area contributed by atoms with Gasteiger partial charge >= 0.3 is 0 Å². The maximum absolute atomic E-state index is 13.3. The lowest BCUT2D eigenvalue weighted by atomic mass is 9.94. The number of rotatable bonds is 3. The number of aromatic nitrogens is 1. The first kappa shape index (κ1) is 19.3. The van der Waals surface area contributed by atoms with Gasteiger partial charge in [0.15, 0.2) is 6.17 Å². The number of aliphatic imine (C=N–C) groups is 1. The van der Waals surface area contributed by atoms with Crippen LogP contribution < -0.4 is 10.3 Å². The molecule has 2 atom stereocenters. The second-order valence-corrected chi connectivity index (χ2v) is 9.30. The van der Waals surface area contributed by atoms with Gasteiger partial charge in [-0.1, -0.05) is 64.5 Å². The molecule has 1 aromatic heterocycles. The molecule has 3 aromatic rings. The monoisotopic (exact) mass is 501 g/mol. The number of allylic oxidation sites excluding steroid dienone is 3. The van der Waals surface area contributed by atoms with Crippen LogP contribution in [0.2, 0.25) is 0 Å². The van der Waals surface area contributed by atoms with E-state index in [1.165, 1.54) is 11.3 Å². The van der Waals surface area contributed by atoms with Crippen LogP contribution >= 0.6 is 27.3 Å². The van der Waals surface area contributed by atoms with Crippen molar-refractivity contribution >= 4 is 55.4 Å². The number of fused-ring (bicyclic) bond motifs is 4. The summed E-state index contributed by atoms with van der Waals surface area (Å²) in [5, 5.41) is 7.35. The smallest absolute Gasteiger partial charge is 0.242 e. The molecule has 0 radical (unpaired) electrons. The number of nitrogens with one attached hydrogen (secondary N) is 1. The molecule has 0 saturated carbocycles. The lowest BCUT2D eigenvalue weighted by Crippen LogP contribution is -2.49. The fraction of sp³-hybridized carbons (Fsp3) is 0.0833. The van der Waals surface area contributed by atoms with E-state index in [1.54, 1.807) is 4.90 Å². The molecular formula is C24H16BrN5OS. The molecule has 156 valence electrons. The van der Waals surface area contributed by atoms with Gasteiger partial charge in [-0.15, -0.1) is 11.3 Å². The zero-order chi connectivity index (χ0) is 21.7. The molecule has 2 aliphatic heterocycles. The minimum absolute atomic E-state index is 0.0185. The third-order valence-electron chi connectivity index (χ3n) is 5.62. The third-order valence-corrected chi connectivity index (χ3v) is 6.90. The maximum atomic E-state index is 13.3. The van der Waals surface area contributed by atoms with Gasteiger partial charge in [-0.2, -0.15) is 5.10 Å². The largest absolute Gasteiger partial charge is 0.282 e. The number of para-hydroxylation sites is 1. The number of halogens is 1. The number of hydrazone groups is 1.